The number of ketones is 1. The topological polar surface area (TPSA) is 17.1 Å². The van der Waals surface area contributed by atoms with Crippen LogP contribution in [-0.4, -0.2) is 5.78 Å². The Hall–Kier alpha value is -0.590. The number of rotatable bonds is 0. The molecule has 2 bridgehead atoms. The fraction of sp³-hybridized carbons (Fsp3) is 0.842. The molecule has 0 saturated heterocycles. The number of hydrogen-bond acceptors (Lipinski definition) is 1. The molecule has 0 radical (unpaired) electrons. The quantitative estimate of drug-likeness (QED) is 0.588. The van der Waals surface area contributed by atoms with Crippen LogP contribution in [0.3, 0.4) is 0 Å². The van der Waals surface area contributed by atoms with Crippen LogP contribution in [0, 0.1) is 40.9 Å². The first-order valence-corrected chi connectivity index (χ1v) is 8.81. The predicted molar refractivity (Wildman–Crippen MR) is 81.2 cm³/mol. The van der Waals surface area contributed by atoms with Crippen molar-refractivity contribution in [2.75, 3.05) is 0 Å². The summed E-state index contributed by atoms with van der Waals surface area (Å²) < 4.78 is 0. The van der Waals surface area contributed by atoms with Gasteiger partial charge in [0.25, 0.3) is 0 Å². The monoisotopic (exact) mass is 272 g/mol. The summed E-state index contributed by atoms with van der Waals surface area (Å²) in [7, 11) is 0. The van der Waals surface area contributed by atoms with Gasteiger partial charge in [0.2, 0.25) is 0 Å². The Morgan fingerprint density at radius 2 is 1.85 bits per heavy atom. The Kier molecular flexibility index (Phi) is 2.76. The Labute approximate surface area is 123 Å². The van der Waals surface area contributed by atoms with Crippen molar-refractivity contribution < 1.29 is 4.79 Å². The van der Waals surface area contributed by atoms with Gasteiger partial charge < -0.3 is 0 Å². The lowest BCUT2D eigenvalue weighted by Gasteiger charge is -2.56. The zero-order valence-electron chi connectivity index (χ0n) is 13.0. The lowest BCUT2D eigenvalue weighted by Crippen LogP contribution is -2.52. The molecule has 2 unspecified atom stereocenters. The highest BCUT2D eigenvalue weighted by Gasteiger charge is 2.64. The molecule has 4 aliphatic carbocycles. The number of fused-ring (bicyclic) bond motifs is 3. The van der Waals surface area contributed by atoms with Crippen molar-refractivity contribution in [1.29, 1.82) is 0 Å². The second-order valence-corrected chi connectivity index (χ2v) is 8.25. The molecule has 20 heavy (non-hydrogen) atoms. The van der Waals surface area contributed by atoms with E-state index in [2.05, 4.69) is 20.4 Å². The van der Waals surface area contributed by atoms with Gasteiger partial charge in [-0.25, -0.2) is 0 Å². The number of Topliss-reactive ketones (excluding diaryl/α,β-unsaturated/α-hetero) is 1. The molecule has 0 N–H and O–H groups in total. The number of carbonyl (C=O) groups excluding carboxylic acids is 1. The van der Waals surface area contributed by atoms with E-state index < -0.39 is 0 Å². The van der Waals surface area contributed by atoms with Crippen molar-refractivity contribution in [2.24, 2.45) is 40.9 Å². The van der Waals surface area contributed by atoms with E-state index in [4.69, 9.17) is 0 Å². The molecule has 110 valence electrons. The minimum absolute atomic E-state index is 0.0121. The van der Waals surface area contributed by atoms with Crippen LogP contribution in [0.5, 0.6) is 0 Å². The molecule has 0 amide bonds. The molecule has 1 nitrogen and oxygen atoms in total. The molecule has 1 heteroatoms. The lowest BCUT2D eigenvalue weighted by molar-refractivity contribution is -0.142. The van der Waals surface area contributed by atoms with Gasteiger partial charge in [0.1, 0.15) is 0 Å². The summed E-state index contributed by atoms with van der Waals surface area (Å²) in [4.78, 5) is 13.0. The summed E-state index contributed by atoms with van der Waals surface area (Å²) in [6.07, 6.45) is 9.20. The summed E-state index contributed by atoms with van der Waals surface area (Å²) in [5.74, 6) is 4.88. The fourth-order valence-corrected chi connectivity index (χ4v) is 6.93. The Morgan fingerprint density at radius 3 is 2.65 bits per heavy atom. The molecule has 4 rings (SSSR count). The second kappa shape index (κ2) is 4.21. The van der Waals surface area contributed by atoms with Crippen LogP contribution >= 0.6 is 0 Å². The van der Waals surface area contributed by atoms with E-state index in [0.29, 0.717) is 23.5 Å². The van der Waals surface area contributed by atoms with Gasteiger partial charge in [-0.3, -0.25) is 4.79 Å². The molecule has 1 spiro atoms. The molecule has 7 atom stereocenters. The second-order valence-electron chi connectivity index (χ2n) is 8.25. The fourth-order valence-electron chi connectivity index (χ4n) is 6.93. The maximum Gasteiger partial charge on any atom is 0.165 e. The van der Waals surface area contributed by atoms with E-state index in [9.17, 15) is 4.79 Å². The molecule has 0 heterocycles. The van der Waals surface area contributed by atoms with Crippen molar-refractivity contribution >= 4 is 5.78 Å². The van der Waals surface area contributed by atoms with Crippen molar-refractivity contribution in [3.63, 3.8) is 0 Å². The highest BCUT2D eigenvalue weighted by molar-refractivity contribution is 6.03. The molecule has 0 aliphatic heterocycles. The maximum absolute atomic E-state index is 13.0. The van der Waals surface area contributed by atoms with Gasteiger partial charge in [-0.05, 0) is 73.2 Å². The first-order valence-electron chi connectivity index (χ1n) is 8.81. The van der Waals surface area contributed by atoms with E-state index >= 15 is 0 Å². The Morgan fingerprint density at radius 1 is 1.05 bits per heavy atom. The molecule has 0 aromatic rings. The molecule has 4 aliphatic rings. The molecule has 4 fully saturated rings. The first-order chi connectivity index (χ1) is 9.57. The van der Waals surface area contributed by atoms with Crippen LogP contribution in [0.25, 0.3) is 0 Å². The van der Waals surface area contributed by atoms with Gasteiger partial charge in [0, 0.05) is 5.41 Å². The van der Waals surface area contributed by atoms with E-state index in [1.54, 1.807) is 0 Å². The summed E-state index contributed by atoms with van der Waals surface area (Å²) in [6.45, 7) is 9.00. The number of hydrogen-bond donors (Lipinski definition) is 0. The van der Waals surface area contributed by atoms with Crippen LogP contribution in [0.1, 0.15) is 58.8 Å². The van der Waals surface area contributed by atoms with Crippen molar-refractivity contribution in [2.45, 2.75) is 58.8 Å². The van der Waals surface area contributed by atoms with Crippen LogP contribution in [-0.2, 0) is 4.79 Å². The number of carbonyl (C=O) groups is 1. The molecule has 0 aromatic carbocycles. The molecule has 4 saturated carbocycles. The third kappa shape index (κ3) is 1.37. The predicted octanol–water partition coefficient (Wildman–Crippen LogP) is 4.62. The minimum Gasteiger partial charge on any atom is -0.294 e. The Bertz CT molecular complexity index is 464. The largest absolute Gasteiger partial charge is 0.294 e. The highest BCUT2D eigenvalue weighted by atomic mass is 16.1. The maximum atomic E-state index is 13.0. The van der Waals surface area contributed by atoms with Gasteiger partial charge in [-0.1, -0.05) is 33.3 Å². The standard InChI is InChI=1S/C19H28O/c1-11-5-4-6-16-14(11)9-10-19-13(3)15(7-8-17(16)19)12(2)18(19)20/h11,13-17H,2,4-10H2,1,3H3/t11-,13?,14+,15-,16?,17-,19+/m0/s1. The SMILES string of the molecule is C=C1C(=O)[C@@]23CC[C@H]4C(CCC[C@@H]4C)[C@@H]2CC[C@@H]1C3C. The molecular formula is C19H28O. The van der Waals surface area contributed by atoms with Gasteiger partial charge in [-0.15, -0.1) is 0 Å². The third-order valence-corrected chi connectivity index (χ3v) is 7.91. The van der Waals surface area contributed by atoms with Crippen molar-refractivity contribution in [1.82, 2.24) is 0 Å². The summed E-state index contributed by atoms with van der Waals surface area (Å²) in [6, 6.07) is 0. The zero-order chi connectivity index (χ0) is 14.1. The van der Waals surface area contributed by atoms with Crippen molar-refractivity contribution in [3.8, 4) is 0 Å². The van der Waals surface area contributed by atoms with Gasteiger partial charge in [0.15, 0.2) is 5.78 Å². The van der Waals surface area contributed by atoms with Crippen LogP contribution < -0.4 is 0 Å². The van der Waals surface area contributed by atoms with Gasteiger partial charge >= 0.3 is 0 Å². The van der Waals surface area contributed by atoms with Crippen LogP contribution in [0.2, 0.25) is 0 Å². The molecular weight excluding hydrogens is 244 g/mol. The van der Waals surface area contributed by atoms with Gasteiger partial charge in [-0.2, -0.15) is 0 Å². The van der Waals surface area contributed by atoms with E-state index in [-0.39, 0.29) is 5.41 Å². The van der Waals surface area contributed by atoms with Crippen LogP contribution in [0.15, 0.2) is 12.2 Å². The average molecular weight is 272 g/mol. The van der Waals surface area contributed by atoms with Crippen LogP contribution in [0.4, 0.5) is 0 Å². The lowest BCUT2D eigenvalue weighted by atomic mass is 9.47. The van der Waals surface area contributed by atoms with Gasteiger partial charge in [0.05, 0.1) is 0 Å². The van der Waals surface area contributed by atoms with E-state index in [1.165, 1.54) is 44.9 Å². The molecule has 0 aromatic heterocycles. The van der Waals surface area contributed by atoms with Crippen molar-refractivity contribution in [3.05, 3.63) is 12.2 Å². The van der Waals surface area contributed by atoms with E-state index in [1.807, 2.05) is 0 Å². The zero-order valence-corrected chi connectivity index (χ0v) is 13.0. The Balaban J connectivity index is 1.76. The summed E-state index contributed by atoms with van der Waals surface area (Å²) >= 11 is 0. The average Bonchev–Trinajstić information content (AvgIpc) is 2.57. The normalized spacial score (nSPS) is 54.5. The summed E-state index contributed by atoms with van der Waals surface area (Å²) in [5, 5.41) is 0. The number of allylic oxidation sites excluding steroid dienone is 1. The highest BCUT2D eigenvalue weighted by Crippen LogP contribution is 2.67. The summed E-state index contributed by atoms with van der Waals surface area (Å²) in [5.41, 5.74) is 1.00. The third-order valence-electron chi connectivity index (χ3n) is 7.91. The first kappa shape index (κ1) is 13.1. The van der Waals surface area contributed by atoms with E-state index in [0.717, 1.165) is 23.3 Å². The minimum atomic E-state index is 0.0121. The smallest absolute Gasteiger partial charge is 0.165 e.